The molecule has 2 aromatic carbocycles. The number of para-hydroxylation sites is 1. The number of hydrogen-bond acceptors (Lipinski definition) is 3. The zero-order valence-electron chi connectivity index (χ0n) is 9.67. The number of aliphatic carboxylic acids is 1. The molecule has 0 aliphatic heterocycles. The van der Waals surface area contributed by atoms with E-state index in [4.69, 9.17) is 9.84 Å². The number of hydrogen-bond donors (Lipinski definition) is 2. The van der Waals surface area contributed by atoms with Gasteiger partial charge in [-0.2, -0.15) is 0 Å². The molecule has 0 fully saturated rings. The third-order valence-corrected chi connectivity index (χ3v) is 2.28. The Bertz CT molecular complexity index is 508. The minimum atomic E-state index is -0.985. The minimum Gasteiger partial charge on any atom is -0.482 e. The summed E-state index contributed by atoms with van der Waals surface area (Å²) in [6, 6.07) is 16.9. The molecule has 92 valence electrons. The molecule has 0 aliphatic rings. The summed E-state index contributed by atoms with van der Waals surface area (Å²) in [5.74, 6) is -0.447. The van der Waals surface area contributed by atoms with Crippen LogP contribution in [-0.4, -0.2) is 17.7 Å². The third kappa shape index (κ3) is 3.52. The number of rotatable bonds is 5. The van der Waals surface area contributed by atoms with Crippen LogP contribution in [0.4, 0.5) is 11.4 Å². The first-order chi connectivity index (χ1) is 8.74. The van der Waals surface area contributed by atoms with E-state index < -0.39 is 5.97 Å². The Balaban J connectivity index is 1.97. The number of carboxylic acid groups (broad SMARTS) is 1. The van der Waals surface area contributed by atoms with E-state index in [1.165, 1.54) is 0 Å². The molecule has 0 heterocycles. The van der Waals surface area contributed by atoms with E-state index in [-0.39, 0.29) is 6.61 Å². The van der Waals surface area contributed by atoms with Gasteiger partial charge < -0.3 is 15.2 Å². The normalized spacial score (nSPS) is 9.78. The third-order valence-electron chi connectivity index (χ3n) is 2.28. The lowest BCUT2D eigenvalue weighted by Crippen LogP contribution is -2.09. The Morgan fingerprint density at radius 1 is 1.00 bits per heavy atom. The molecule has 0 spiro atoms. The first-order valence-electron chi connectivity index (χ1n) is 5.51. The molecule has 2 rings (SSSR count). The van der Waals surface area contributed by atoms with Gasteiger partial charge >= 0.3 is 5.97 Å². The lowest BCUT2D eigenvalue weighted by Gasteiger charge is -2.07. The summed E-state index contributed by atoms with van der Waals surface area (Å²) in [5.41, 5.74) is 1.92. The van der Waals surface area contributed by atoms with Gasteiger partial charge in [-0.1, -0.05) is 18.2 Å². The summed E-state index contributed by atoms with van der Waals surface area (Å²) < 4.78 is 5.05. The van der Waals surface area contributed by atoms with Crippen molar-refractivity contribution >= 4 is 17.3 Å². The first-order valence-corrected chi connectivity index (χ1v) is 5.51. The predicted molar refractivity (Wildman–Crippen MR) is 69.3 cm³/mol. The number of carboxylic acids is 1. The van der Waals surface area contributed by atoms with E-state index in [0.29, 0.717) is 5.75 Å². The van der Waals surface area contributed by atoms with Gasteiger partial charge in [-0.15, -0.1) is 0 Å². The van der Waals surface area contributed by atoms with Crippen LogP contribution in [0.1, 0.15) is 0 Å². The van der Waals surface area contributed by atoms with Gasteiger partial charge in [0.15, 0.2) is 6.61 Å². The zero-order chi connectivity index (χ0) is 12.8. The molecule has 4 nitrogen and oxygen atoms in total. The van der Waals surface area contributed by atoms with E-state index in [1.807, 2.05) is 42.5 Å². The lowest BCUT2D eigenvalue weighted by atomic mass is 10.2. The second-order valence-electron chi connectivity index (χ2n) is 3.70. The van der Waals surface area contributed by atoms with Crippen molar-refractivity contribution < 1.29 is 14.6 Å². The molecule has 0 amide bonds. The summed E-state index contributed by atoms with van der Waals surface area (Å²) in [7, 11) is 0. The summed E-state index contributed by atoms with van der Waals surface area (Å²) in [6.07, 6.45) is 0. The van der Waals surface area contributed by atoms with Crippen molar-refractivity contribution in [3.63, 3.8) is 0 Å². The molecule has 0 saturated heterocycles. The van der Waals surface area contributed by atoms with E-state index in [0.717, 1.165) is 11.4 Å². The number of benzene rings is 2. The topological polar surface area (TPSA) is 58.6 Å². The first kappa shape index (κ1) is 12.0. The highest BCUT2D eigenvalue weighted by atomic mass is 16.5. The van der Waals surface area contributed by atoms with Crippen LogP contribution in [0.3, 0.4) is 0 Å². The minimum absolute atomic E-state index is 0.328. The van der Waals surface area contributed by atoms with Crippen LogP contribution >= 0.6 is 0 Å². The highest BCUT2D eigenvalue weighted by Crippen LogP contribution is 2.19. The fourth-order valence-electron chi connectivity index (χ4n) is 1.47. The highest BCUT2D eigenvalue weighted by molar-refractivity contribution is 5.68. The average molecular weight is 243 g/mol. The van der Waals surface area contributed by atoms with Crippen LogP contribution < -0.4 is 10.1 Å². The van der Waals surface area contributed by atoms with Crippen molar-refractivity contribution in [1.29, 1.82) is 0 Å². The van der Waals surface area contributed by atoms with Crippen LogP contribution in [0.25, 0.3) is 0 Å². The van der Waals surface area contributed by atoms with E-state index >= 15 is 0 Å². The van der Waals surface area contributed by atoms with Gasteiger partial charge in [-0.05, 0) is 36.4 Å². The van der Waals surface area contributed by atoms with Gasteiger partial charge in [-0.25, -0.2) is 4.79 Å². The van der Waals surface area contributed by atoms with Gasteiger partial charge in [-0.3, -0.25) is 0 Å². The second kappa shape index (κ2) is 5.72. The fourth-order valence-corrected chi connectivity index (χ4v) is 1.47. The Kier molecular flexibility index (Phi) is 3.81. The smallest absolute Gasteiger partial charge is 0.341 e. The van der Waals surface area contributed by atoms with Crippen LogP contribution in [0.5, 0.6) is 5.75 Å². The molecule has 0 saturated carbocycles. The largest absolute Gasteiger partial charge is 0.482 e. The molecular formula is C14H13NO3. The van der Waals surface area contributed by atoms with Crippen molar-refractivity contribution in [3.8, 4) is 5.75 Å². The van der Waals surface area contributed by atoms with Gasteiger partial charge in [0, 0.05) is 11.4 Å². The maximum Gasteiger partial charge on any atom is 0.341 e. The monoisotopic (exact) mass is 243 g/mol. The highest BCUT2D eigenvalue weighted by Gasteiger charge is 1.99. The number of ether oxygens (including phenoxy) is 1. The van der Waals surface area contributed by atoms with E-state index in [1.54, 1.807) is 12.1 Å². The number of carbonyl (C=O) groups is 1. The average Bonchev–Trinajstić information content (AvgIpc) is 2.39. The Hall–Kier alpha value is -2.49. The number of anilines is 2. The second-order valence-corrected chi connectivity index (χ2v) is 3.70. The Morgan fingerprint density at radius 3 is 2.22 bits per heavy atom. The molecule has 0 aliphatic carbocycles. The summed E-state index contributed by atoms with van der Waals surface area (Å²) >= 11 is 0. The Morgan fingerprint density at radius 2 is 1.61 bits per heavy atom. The van der Waals surface area contributed by atoms with Crippen LogP contribution in [-0.2, 0) is 4.79 Å². The van der Waals surface area contributed by atoms with Crippen molar-refractivity contribution in [2.75, 3.05) is 11.9 Å². The van der Waals surface area contributed by atoms with Gasteiger partial charge in [0.1, 0.15) is 5.75 Å². The maximum atomic E-state index is 10.3. The van der Waals surface area contributed by atoms with Crippen LogP contribution in [0.2, 0.25) is 0 Å². The summed E-state index contributed by atoms with van der Waals surface area (Å²) in [5, 5.41) is 11.7. The molecular weight excluding hydrogens is 230 g/mol. The van der Waals surface area contributed by atoms with Gasteiger partial charge in [0.2, 0.25) is 0 Å². The zero-order valence-corrected chi connectivity index (χ0v) is 9.67. The van der Waals surface area contributed by atoms with Crippen molar-refractivity contribution in [2.45, 2.75) is 0 Å². The van der Waals surface area contributed by atoms with E-state index in [9.17, 15) is 4.79 Å². The van der Waals surface area contributed by atoms with Gasteiger partial charge in [0.05, 0.1) is 0 Å². The van der Waals surface area contributed by atoms with Crippen LogP contribution in [0.15, 0.2) is 54.6 Å². The van der Waals surface area contributed by atoms with E-state index in [2.05, 4.69) is 5.32 Å². The van der Waals surface area contributed by atoms with Gasteiger partial charge in [0.25, 0.3) is 0 Å². The summed E-state index contributed by atoms with van der Waals surface area (Å²) in [4.78, 5) is 10.3. The van der Waals surface area contributed by atoms with Crippen molar-refractivity contribution in [2.24, 2.45) is 0 Å². The molecule has 0 radical (unpaired) electrons. The molecule has 2 N–H and O–H groups in total. The molecule has 0 aromatic heterocycles. The van der Waals surface area contributed by atoms with Crippen molar-refractivity contribution in [3.05, 3.63) is 54.6 Å². The van der Waals surface area contributed by atoms with Crippen molar-refractivity contribution in [1.82, 2.24) is 0 Å². The predicted octanol–water partition coefficient (Wildman–Crippen LogP) is 2.89. The molecule has 18 heavy (non-hydrogen) atoms. The lowest BCUT2D eigenvalue weighted by molar-refractivity contribution is -0.139. The molecule has 0 bridgehead atoms. The molecule has 0 atom stereocenters. The molecule has 0 unspecified atom stereocenters. The SMILES string of the molecule is O=C(O)COc1ccc(Nc2ccccc2)cc1. The standard InChI is InChI=1S/C14H13NO3/c16-14(17)10-18-13-8-6-12(7-9-13)15-11-4-2-1-3-5-11/h1-9,15H,10H2,(H,16,17). The van der Waals surface area contributed by atoms with Crippen LogP contribution in [0, 0.1) is 0 Å². The fraction of sp³-hybridized carbons (Fsp3) is 0.0714. The molecule has 4 heteroatoms. The Labute approximate surface area is 105 Å². The maximum absolute atomic E-state index is 10.3. The quantitative estimate of drug-likeness (QED) is 0.847. The molecule has 2 aromatic rings. The number of nitrogens with one attached hydrogen (secondary N) is 1. The summed E-state index contributed by atoms with van der Waals surface area (Å²) in [6.45, 7) is -0.328.